The van der Waals surface area contributed by atoms with Crippen molar-refractivity contribution in [3.63, 3.8) is 0 Å². The maximum absolute atomic E-state index is 15.1. The van der Waals surface area contributed by atoms with Gasteiger partial charge in [-0.1, -0.05) is 30.3 Å². The fourth-order valence-electron chi connectivity index (χ4n) is 4.07. The standard InChI is InChI=1S/C28H24ClFN4O4/c1-15(33-18-8-10-20(28(35)36)24(12-18)38-3)34-26-16(13-31)14-32-27(21-11-17(29)7-9-19(21)26)25-22(30)5-4-6-23(25)37-2/h4-13,33H,1,14,31H2,2-3H3,(H,35,36)/b16-13-,34-26+. The van der Waals surface area contributed by atoms with E-state index in [9.17, 15) is 9.90 Å². The molecule has 1 aliphatic rings. The molecule has 0 atom stereocenters. The van der Waals surface area contributed by atoms with Crippen LogP contribution >= 0.6 is 11.6 Å². The average molecular weight is 535 g/mol. The van der Waals surface area contributed by atoms with Crippen LogP contribution in [0.15, 0.2) is 88.8 Å². The number of carbonyl (C=O) groups is 1. The Balaban J connectivity index is 1.80. The summed E-state index contributed by atoms with van der Waals surface area (Å²) in [5.74, 6) is -0.883. The van der Waals surface area contributed by atoms with Crippen LogP contribution in [0, 0.1) is 5.82 Å². The summed E-state index contributed by atoms with van der Waals surface area (Å²) >= 11 is 6.35. The molecule has 3 aromatic rings. The average Bonchev–Trinajstić information content (AvgIpc) is 3.04. The van der Waals surface area contributed by atoms with E-state index in [0.717, 1.165) is 0 Å². The summed E-state index contributed by atoms with van der Waals surface area (Å²) < 4.78 is 25.7. The normalized spacial score (nSPS) is 14.9. The van der Waals surface area contributed by atoms with Crippen LogP contribution in [-0.4, -0.2) is 43.3 Å². The van der Waals surface area contributed by atoms with Gasteiger partial charge in [0, 0.05) is 39.7 Å². The maximum atomic E-state index is 15.1. The number of aromatic carboxylic acids is 1. The molecule has 3 aromatic carbocycles. The van der Waals surface area contributed by atoms with E-state index < -0.39 is 11.8 Å². The molecule has 1 aliphatic heterocycles. The number of nitrogens with zero attached hydrogens (tertiary/aromatic N) is 2. The number of nitrogens with two attached hydrogens (primary N) is 1. The van der Waals surface area contributed by atoms with Crippen LogP contribution in [0.4, 0.5) is 10.1 Å². The maximum Gasteiger partial charge on any atom is 0.339 e. The molecule has 194 valence electrons. The number of fused-ring (bicyclic) bond motifs is 1. The number of nitrogens with one attached hydrogen (secondary N) is 1. The summed E-state index contributed by atoms with van der Waals surface area (Å²) in [7, 11) is 2.84. The van der Waals surface area contributed by atoms with Crippen molar-refractivity contribution in [1.29, 1.82) is 0 Å². The van der Waals surface area contributed by atoms with Gasteiger partial charge in [-0.15, -0.1) is 0 Å². The van der Waals surface area contributed by atoms with Gasteiger partial charge in [-0.2, -0.15) is 0 Å². The summed E-state index contributed by atoms with van der Waals surface area (Å²) in [6, 6.07) is 14.2. The Morgan fingerprint density at radius 1 is 1.16 bits per heavy atom. The number of benzene rings is 3. The molecule has 38 heavy (non-hydrogen) atoms. The lowest BCUT2D eigenvalue weighted by Gasteiger charge is -2.15. The highest BCUT2D eigenvalue weighted by Gasteiger charge is 2.26. The predicted octanol–water partition coefficient (Wildman–Crippen LogP) is 5.26. The van der Waals surface area contributed by atoms with Crippen molar-refractivity contribution in [3.05, 3.63) is 112 Å². The third-order valence-electron chi connectivity index (χ3n) is 5.80. The summed E-state index contributed by atoms with van der Waals surface area (Å²) in [4.78, 5) is 20.8. The Morgan fingerprint density at radius 3 is 2.61 bits per heavy atom. The van der Waals surface area contributed by atoms with Crippen LogP contribution in [0.25, 0.3) is 0 Å². The molecule has 4 rings (SSSR count). The van der Waals surface area contributed by atoms with Crippen molar-refractivity contribution in [2.75, 3.05) is 26.1 Å². The van der Waals surface area contributed by atoms with Crippen molar-refractivity contribution in [2.24, 2.45) is 15.7 Å². The number of halogens is 2. The number of methoxy groups -OCH3 is 2. The highest BCUT2D eigenvalue weighted by molar-refractivity contribution is 6.32. The van der Waals surface area contributed by atoms with E-state index in [2.05, 4.69) is 21.9 Å². The summed E-state index contributed by atoms with van der Waals surface area (Å²) in [6.07, 6.45) is 1.39. The first kappa shape index (κ1) is 26.4. The molecule has 8 nitrogen and oxygen atoms in total. The number of hydrogen-bond acceptors (Lipinski definition) is 7. The number of aliphatic imine (C=N–C) groups is 2. The fraction of sp³-hybridized carbons (Fsp3) is 0.107. The minimum absolute atomic E-state index is 0.0196. The molecule has 0 bridgehead atoms. The van der Waals surface area contributed by atoms with Gasteiger partial charge in [-0.05, 0) is 36.4 Å². The first-order valence-corrected chi connectivity index (χ1v) is 11.7. The zero-order valence-corrected chi connectivity index (χ0v) is 21.3. The third kappa shape index (κ3) is 5.23. The first-order chi connectivity index (χ1) is 18.3. The molecule has 0 amide bonds. The second kappa shape index (κ2) is 11.2. The van der Waals surface area contributed by atoms with Gasteiger partial charge < -0.3 is 25.6 Å². The Morgan fingerprint density at radius 2 is 1.92 bits per heavy atom. The van der Waals surface area contributed by atoms with Crippen LogP contribution in [0.5, 0.6) is 11.5 Å². The van der Waals surface area contributed by atoms with Gasteiger partial charge in [-0.3, -0.25) is 4.99 Å². The Bertz CT molecular complexity index is 1530. The molecular formula is C28H24ClFN4O4. The summed E-state index contributed by atoms with van der Waals surface area (Å²) in [5.41, 5.74) is 9.21. The van der Waals surface area contributed by atoms with Gasteiger partial charge in [0.1, 0.15) is 28.7 Å². The Labute approximate surface area is 223 Å². The molecule has 0 saturated heterocycles. The van der Waals surface area contributed by atoms with Gasteiger partial charge in [0.25, 0.3) is 0 Å². The largest absolute Gasteiger partial charge is 0.496 e. The fourth-order valence-corrected chi connectivity index (χ4v) is 4.25. The Kier molecular flexibility index (Phi) is 7.78. The SMILES string of the molecule is C=C(/N=C1\C(=C/N)CN=C(c2c(F)cccc2OC)c2cc(Cl)ccc21)Nc1ccc(C(=O)O)c(OC)c1. The molecule has 4 N–H and O–H groups in total. The molecule has 0 aromatic heterocycles. The van der Waals surface area contributed by atoms with Crippen LogP contribution in [0.1, 0.15) is 27.0 Å². The molecule has 0 saturated carbocycles. The minimum atomic E-state index is -1.11. The minimum Gasteiger partial charge on any atom is -0.496 e. The summed E-state index contributed by atoms with van der Waals surface area (Å²) in [5, 5.41) is 12.8. The number of hydrogen-bond donors (Lipinski definition) is 3. The highest BCUT2D eigenvalue weighted by Crippen LogP contribution is 2.32. The van der Waals surface area contributed by atoms with Crippen molar-refractivity contribution in [3.8, 4) is 11.5 Å². The van der Waals surface area contributed by atoms with E-state index in [1.807, 2.05) is 0 Å². The van der Waals surface area contributed by atoms with Crippen LogP contribution in [-0.2, 0) is 0 Å². The lowest BCUT2D eigenvalue weighted by atomic mass is 9.93. The van der Waals surface area contributed by atoms with Crippen molar-refractivity contribution in [1.82, 2.24) is 0 Å². The van der Waals surface area contributed by atoms with E-state index in [0.29, 0.717) is 44.6 Å². The molecule has 10 heteroatoms. The van der Waals surface area contributed by atoms with E-state index in [1.54, 1.807) is 36.4 Å². The quantitative estimate of drug-likeness (QED) is 0.380. The Hall–Kier alpha value is -4.63. The van der Waals surface area contributed by atoms with E-state index in [1.165, 1.54) is 38.6 Å². The molecule has 0 spiro atoms. The molecule has 0 unspecified atom stereocenters. The lowest BCUT2D eigenvalue weighted by Crippen LogP contribution is -2.14. The monoisotopic (exact) mass is 534 g/mol. The van der Waals surface area contributed by atoms with E-state index >= 15 is 4.39 Å². The zero-order valence-electron chi connectivity index (χ0n) is 20.6. The van der Waals surface area contributed by atoms with Crippen molar-refractivity contribution in [2.45, 2.75) is 0 Å². The van der Waals surface area contributed by atoms with Crippen LogP contribution < -0.4 is 20.5 Å². The lowest BCUT2D eigenvalue weighted by molar-refractivity contribution is 0.0693. The number of carboxylic acid groups (broad SMARTS) is 1. The molecule has 0 fully saturated rings. The number of rotatable bonds is 7. The van der Waals surface area contributed by atoms with Crippen LogP contribution in [0.3, 0.4) is 0 Å². The van der Waals surface area contributed by atoms with Crippen molar-refractivity contribution < 1.29 is 23.8 Å². The number of anilines is 1. The molecule has 1 heterocycles. The molecular weight excluding hydrogens is 511 g/mol. The topological polar surface area (TPSA) is 119 Å². The number of carboxylic acids is 1. The van der Waals surface area contributed by atoms with Gasteiger partial charge >= 0.3 is 5.97 Å². The predicted molar refractivity (Wildman–Crippen MR) is 146 cm³/mol. The van der Waals surface area contributed by atoms with Gasteiger partial charge in [0.15, 0.2) is 0 Å². The number of ether oxygens (including phenoxy) is 2. The zero-order chi connectivity index (χ0) is 27.4. The van der Waals surface area contributed by atoms with Crippen LogP contribution in [0.2, 0.25) is 5.02 Å². The second-order valence-electron chi connectivity index (χ2n) is 8.12. The van der Waals surface area contributed by atoms with Gasteiger partial charge in [-0.25, -0.2) is 14.2 Å². The summed E-state index contributed by atoms with van der Waals surface area (Å²) in [6.45, 7) is 4.10. The smallest absolute Gasteiger partial charge is 0.339 e. The third-order valence-corrected chi connectivity index (χ3v) is 6.04. The van der Waals surface area contributed by atoms with Gasteiger partial charge in [0.2, 0.25) is 0 Å². The second-order valence-corrected chi connectivity index (χ2v) is 8.55. The molecule has 0 aliphatic carbocycles. The first-order valence-electron chi connectivity index (χ1n) is 11.3. The van der Waals surface area contributed by atoms with E-state index in [4.69, 9.17) is 26.8 Å². The van der Waals surface area contributed by atoms with Gasteiger partial charge in [0.05, 0.1) is 37.8 Å². The molecule has 0 radical (unpaired) electrons. The van der Waals surface area contributed by atoms with E-state index in [-0.39, 0.29) is 29.2 Å². The van der Waals surface area contributed by atoms with Crippen molar-refractivity contribution >= 4 is 34.7 Å². The highest BCUT2D eigenvalue weighted by atomic mass is 35.5.